The second-order valence-electron chi connectivity index (χ2n) is 3.41. The minimum Gasteiger partial charge on any atom is -0.338 e. The van der Waals surface area contributed by atoms with Crippen molar-refractivity contribution >= 4 is 55.0 Å². The fourth-order valence-electron chi connectivity index (χ4n) is 1.20. The van der Waals surface area contributed by atoms with Crippen LogP contribution in [0.25, 0.3) is 0 Å². The number of aromatic nitrogens is 1. The first-order valence-electron chi connectivity index (χ1n) is 4.68. The van der Waals surface area contributed by atoms with Gasteiger partial charge in [0.1, 0.15) is 0 Å². The van der Waals surface area contributed by atoms with Gasteiger partial charge in [-0.15, -0.1) is 11.3 Å². The van der Waals surface area contributed by atoms with Gasteiger partial charge in [-0.1, -0.05) is 5.16 Å². The second kappa shape index (κ2) is 4.91. The lowest BCUT2D eigenvalue weighted by atomic mass is 10.2. The van der Waals surface area contributed by atoms with Crippen molar-refractivity contribution in [1.29, 1.82) is 0 Å². The molecule has 0 aliphatic rings. The molecule has 0 spiro atoms. The monoisotopic (exact) mass is 378 g/mol. The SMILES string of the molecule is Cc1noc(NC(=O)c2cc(Br)sc2Br)c1C. The van der Waals surface area contributed by atoms with Crippen LogP contribution in [0.15, 0.2) is 18.2 Å². The Morgan fingerprint density at radius 2 is 2.18 bits per heavy atom. The maximum Gasteiger partial charge on any atom is 0.260 e. The van der Waals surface area contributed by atoms with E-state index < -0.39 is 0 Å². The molecule has 0 radical (unpaired) electrons. The Bertz CT molecular complexity index is 577. The first-order valence-corrected chi connectivity index (χ1v) is 7.08. The summed E-state index contributed by atoms with van der Waals surface area (Å²) in [6.07, 6.45) is 0. The maximum absolute atomic E-state index is 12.0. The predicted octanol–water partition coefficient (Wildman–Crippen LogP) is 4.13. The minimum atomic E-state index is -0.224. The van der Waals surface area contributed by atoms with Crippen LogP contribution in [0.5, 0.6) is 0 Å². The van der Waals surface area contributed by atoms with Gasteiger partial charge in [0.25, 0.3) is 5.91 Å². The van der Waals surface area contributed by atoms with E-state index in [1.807, 2.05) is 13.8 Å². The van der Waals surface area contributed by atoms with Crippen molar-refractivity contribution in [1.82, 2.24) is 5.16 Å². The average Bonchev–Trinajstić information content (AvgIpc) is 2.75. The van der Waals surface area contributed by atoms with E-state index in [2.05, 4.69) is 42.3 Å². The molecule has 2 rings (SSSR count). The number of halogens is 2. The molecule has 0 fully saturated rings. The van der Waals surface area contributed by atoms with Crippen LogP contribution in [0.4, 0.5) is 5.88 Å². The summed E-state index contributed by atoms with van der Waals surface area (Å²) in [6, 6.07) is 1.75. The molecule has 0 aliphatic carbocycles. The molecule has 4 nitrogen and oxygen atoms in total. The number of rotatable bonds is 2. The van der Waals surface area contributed by atoms with Crippen molar-refractivity contribution in [3.8, 4) is 0 Å². The third-order valence-corrected chi connectivity index (χ3v) is 4.62. The van der Waals surface area contributed by atoms with E-state index in [1.54, 1.807) is 6.07 Å². The van der Waals surface area contributed by atoms with Gasteiger partial charge in [0.05, 0.1) is 18.8 Å². The van der Waals surface area contributed by atoms with Gasteiger partial charge in [-0.3, -0.25) is 10.1 Å². The van der Waals surface area contributed by atoms with E-state index >= 15 is 0 Å². The minimum absolute atomic E-state index is 0.224. The van der Waals surface area contributed by atoms with Gasteiger partial charge in [-0.05, 0) is 51.8 Å². The van der Waals surface area contributed by atoms with Gasteiger partial charge >= 0.3 is 0 Å². The molecular weight excluding hydrogens is 372 g/mol. The molecule has 1 amide bonds. The average molecular weight is 380 g/mol. The highest BCUT2D eigenvalue weighted by molar-refractivity contribution is 9.12. The number of nitrogens with one attached hydrogen (secondary N) is 1. The summed E-state index contributed by atoms with van der Waals surface area (Å²) >= 11 is 8.11. The number of amides is 1. The topological polar surface area (TPSA) is 55.1 Å². The molecular formula is C10H8Br2N2O2S. The van der Waals surface area contributed by atoms with Crippen LogP contribution in [0.3, 0.4) is 0 Å². The zero-order valence-electron chi connectivity index (χ0n) is 9.01. The van der Waals surface area contributed by atoms with Crippen molar-refractivity contribution in [2.24, 2.45) is 0 Å². The molecule has 7 heteroatoms. The number of hydrogen-bond donors (Lipinski definition) is 1. The Kier molecular flexibility index (Phi) is 3.70. The zero-order valence-corrected chi connectivity index (χ0v) is 13.0. The summed E-state index contributed by atoms with van der Waals surface area (Å²) in [5.41, 5.74) is 2.17. The number of anilines is 1. The molecule has 0 unspecified atom stereocenters. The molecule has 0 aromatic carbocycles. The van der Waals surface area contributed by atoms with E-state index in [0.29, 0.717) is 11.4 Å². The molecule has 0 bridgehead atoms. The van der Waals surface area contributed by atoms with Crippen LogP contribution >= 0.6 is 43.2 Å². The first-order chi connectivity index (χ1) is 7.99. The summed E-state index contributed by atoms with van der Waals surface area (Å²) in [4.78, 5) is 12.0. The fourth-order valence-corrected chi connectivity index (χ4v) is 3.99. The Labute approximate surface area is 119 Å². The van der Waals surface area contributed by atoms with Crippen LogP contribution < -0.4 is 5.32 Å². The zero-order chi connectivity index (χ0) is 12.6. The first kappa shape index (κ1) is 12.8. The smallest absolute Gasteiger partial charge is 0.260 e. The Morgan fingerprint density at radius 3 is 2.65 bits per heavy atom. The number of aryl methyl sites for hydroxylation is 1. The third-order valence-electron chi connectivity index (χ3n) is 2.29. The van der Waals surface area contributed by atoms with E-state index in [1.165, 1.54) is 11.3 Å². The van der Waals surface area contributed by atoms with Crippen LogP contribution in [-0.2, 0) is 0 Å². The molecule has 2 aromatic heterocycles. The van der Waals surface area contributed by atoms with Gasteiger partial charge in [0.2, 0.25) is 5.88 Å². The molecule has 0 saturated heterocycles. The number of carbonyl (C=O) groups excluding carboxylic acids is 1. The Balaban J connectivity index is 2.23. The van der Waals surface area contributed by atoms with Crippen molar-refractivity contribution in [3.05, 3.63) is 30.5 Å². The lowest BCUT2D eigenvalue weighted by molar-refractivity contribution is 0.102. The highest BCUT2D eigenvalue weighted by Gasteiger charge is 2.17. The van der Waals surface area contributed by atoms with Gasteiger partial charge < -0.3 is 4.52 Å². The van der Waals surface area contributed by atoms with E-state index in [9.17, 15) is 4.79 Å². The number of nitrogens with zero attached hydrogens (tertiary/aromatic N) is 1. The Hall–Kier alpha value is -0.660. The number of carbonyl (C=O) groups is 1. The van der Waals surface area contributed by atoms with Crippen molar-refractivity contribution in [3.63, 3.8) is 0 Å². The number of thiophene rings is 1. The molecule has 1 N–H and O–H groups in total. The van der Waals surface area contributed by atoms with Crippen LogP contribution in [-0.4, -0.2) is 11.1 Å². The van der Waals surface area contributed by atoms with Crippen LogP contribution in [0.1, 0.15) is 21.6 Å². The highest BCUT2D eigenvalue weighted by Crippen LogP contribution is 2.32. The largest absolute Gasteiger partial charge is 0.338 e. The Morgan fingerprint density at radius 1 is 1.47 bits per heavy atom. The van der Waals surface area contributed by atoms with Crippen LogP contribution in [0.2, 0.25) is 0 Å². The third kappa shape index (κ3) is 2.61. The molecule has 90 valence electrons. The molecule has 0 atom stereocenters. The predicted molar refractivity (Wildman–Crippen MR) is 73.6 cm³/mol. The normalized spacial score (nSPS) is 10.6. The lowest BCUT2D eigenvalue weighted by Gasteiger charge is -2.00. The molecule has 17 heavy (non-hydrogen) atoms. The van der Waals surface area contributed by atoms with Crippen LogP contribution in [0, 0.1) is 13.8 Å². The quantitative estimate of drug-likeness (QED) is 0.853. The van der Waals surface area contributed by atoms with Crippen molar-refractivity contribution < 1.29 is 9.32 Å². The van der Waals surface area contributed by atoms with Crippen molar-refractivity contribution in [2.45, 2.75) is 13.8 Å². The molecule has 2 aromatic rings. The summed E-state index contributed by atoms with van der Waals surface area (Å²) < 4.78 is 6.69. The molecule has 0 saturated carbocycles. The summed E-state index contributed by atoms with van der Waals surface area (Å²) in [7, 11) is 0. The van der Waals surface area contributed by atoms with E-state index in [-0.39, 0.29) is 5.91 Å². The summed E-state index contributed by atoms with van der Waals surface area (Å²) in [5, 5.41) is 6.47. The highest BCUT2D eigenvalue weighted by atomic mass is 79.9. The second-order valence-corrected chi connectivity index (χ2v) is 7.16. The van der Waals surface area contributed by atoms with E-state index in [4.69, 9.17) is 4.52 Å². The van der Waals surface area contributed by atoms with Gasteiger partial charge in [0.15, 0.2) is 0 Å². The standard InChI is InChI=1S/C10H8Br2N2O2S/c1-4-5(2)14-16-10(4)13-9(15)6-3-7(11)17-8(6)12/h3H,1-2H3,(H,13,15). The van der Waals surface area contributed by atoms with Crippen molar-refractivity contribution in [2.75, 3.05) is 5.32 Å². The summed E-state index contributed by atoms with van der Waals surface area (Å²) in [5.74, 6) is 0.166. The summed E-state index contributed by atoms with van der Waals surface area (Å²) in [6.45, 7) is 3.67. The van der Waals surface area contributed by atoms with E-state index in [0.717, 1.165) is 18.8 Å². The molecule has 2 heterocycles. The number of hydrogen-bond acceptors (Lipinski definition) is 4. The van der Waals surface area contributed by atoms with Gasteiger partial charge in [-0.25, -0.2) is 0 Å². The van der Waals surface area contributed by atoms with Gasteiger partial charge in [-0.2, -0.15) is 0 Å². The fraction of sp³-hybridized carbons (Fsp3) is 0.200. The lowest BCUT2D eigenvalue weighted by Crippen LogP contribution is -2.11. The van der Waals surface area contributed by atoms with Gasteiger partial charge in [0, 0.05) is 5.56 Å². The molecule has 0 aliphatic heterocycles. The maximum atomic E-state index is 12.0.